The third-order valence-corrected chi connectivity index (χ3v) is 2.21. The van der Waals surface area contributed by atoms with Crippen molar-refractivity contribution < 1.29 is 9.59 Å². The number of urea groups is 1. The molecular weight excluding hydrogens is 218 g/mol. The number of rotatable bonds is 3. The second-order valence-corrected chi connectivity index (χ2v) is 3.96. The lowest BCUT2D eigenvalue weighted by molar-refractivity contribution is -0.127. The van der Waals surface area contributed by atoms with E-state index in [9.17, 15) is 9.59 Å². The van der Waals surface area contributed by atoms with Crippen LogP contribution in [0.4, 0.5) is 10.5 Å². The van der Waals surface area contributed by atoms with E-state index in [-0.39, 0.29) is 18.5 Å². The van der Waals surface area contributed by atoms with E-state index in [0.29, 0.717) is 5.69 Å². The van der Waals surface area contributed by atoms with Crippen molar-refractivity contribution in [3.63, 3.8) is 0 Å². The van der Waals surface area contributed by atoms with E-state index in [1.165, 1.54) is 4.90 Å². The maximum Gasteiger partial charge on any atom is 0.319 e. The predicted octanol–water partition coefficient (Wildman–Crippen LogP) is 1.20. The van der Waals surface area contributed by atoms with Crippen LogP contribution in [0.25, 0.3) is 0 Å². The Morgan fingerprint density at radius 1 is 1.18 bits per heavy atom. The molecule has 3 amide bonds. The van der Waals surface area contributed by atoms with Crippen molar-refractivity contribution in [2.75, 3.05) is 26.0 Å². The zero-order valence-electron chi connectivity index (χ0n) is 10.3. The molecule has 0 heterocycles. The lowest BCUT2D eigenvalue weighted by atomic mass is 10.2. The largest absolute Gasteiger partial charge is 0.347 e. The molecule has 0 bridgehead atoms. The van der Waals surface area contributed by atoms with Gasteiger partial charge >= 0.3 is 6.03 Å². The Hall–Kier alpha value is -2.04. The summed E-state index contributed by atoms with van der Waals surface area (Å²) >= 11 is 0. The molecule has 0 unspecified atom stereocenters. The van der Waals surface area contributed by atoms with E-state index < -0.39 is 0 Å². The van der Waals surface area contributed by atoms with Gasteiger partial charge in [0.2, 0.25) is 5.91 Å². The van der Waals surface area contributed by atoms with Crippen LogP contribution >= 0.6 is 0 Å². The van der Waals surface area contributed by atoms with Crippen LogP contribution in [0.2, 0.25) is 0 Å². The normalized spacial score (nSPS) is 9.59. The Labute approximate surface area is 101 Å². The molecular formula is C12H17N3O2. The maximum absolute atomic E-state index is 11.4. The average molecular weight is 235 g/mol. The van der Waals surface area contributed by atoms with Gasteiger partial charge in [-0.3, -0.25) is 4.79 Å². The predicted molar refractivity (Wildman–Crippen MR) is 66.9 cm³/mol. The minimum absolute atomic E-state index is 0.00923. The fourth-order valence-corrected chi connectivity index (χ4v) is 1.13. The summed E-state index contributed by atoms with van der Waals surface area (Å²) in [6.45, 7) is 1.96. The number of nitrogens with zero attached hydrogens (tertiary/aromatic N) is 1. The quantitative estimate of drug-likeness (QED) is 0.827. The lowest BCUT2D eigenvalue weighted by Gasteiger charge is -2.11. The summed E-state index contributed by atoms with van der Waals surface area (Å²) in [7, 11) is 3.28. The minimum Gasteiger partial charge on any atom is -0.347 e. The van der Waals surface area contributed by atoms with Gasteiger partial charge in [0.15, 0.2) is 0 Å². The van der Waals surface area contributed by atoms with Crippen molar-refractivity contribution in [2.24, 2.45) is 0 Å². The first-order chi connectivity index (χ1) is 7.99. The number of benzene rings is 1. The molecule has 0 saturated carbocycles. The topological polar surface area (TPSA) is 61.4 Å². The van der Waals surface area contributed by atoms with E-state index >= 15 is 0 Å². The van der Waals surface area contributed by atoms with E-state index in [4.69, 9.17) is 0 Å². The highest BCUT2D eigenvalue weighted by molar-refractivity contribution is 5.92. The molecule has 0 aliphatic carbocycles. The van der Waals surface area contributed by atoms with Crippen molar-refractivity contribution >= 4 is 17.6 Å². The van der Waals surface area contributed by atoms with Crippen LogP contribution < -0.4 is 10.6 Å². The Kier molecular flexibility index (Phi) is 4.51. The summed E-state index contributed by atoms with van der Waals surface area (Å²) in [5.74, 6) is -0.149. The first kappa shape index (κ1) is 13.0. The fraction of sp³-hybridized carbons (Fsp3) is 0.333. The van der Waals surface area contributed by atoms with E-state index in [1.54, 1.807) is 14.1 Å². The van der Waals surface area contributed by atoms with Crippen LogP contribution in [0.5, 0.6) is 0 Å². The molecule has 0 aromatic heterocycles. The number of aryl methyl sites for hydroxylation is 1. The van der Waals surface area contributed by atoms with Crippen LogP contribution in [0, 0.1) is 6.92 Å². The van der Waals surface area contributed by atoms with E-state index in [1.807, 2.05) is 31.2 Å². The number of carbonyl (C=O) groups excluding carboxylic acids is 2. The van der Waals surface area contributed by atoms with Crippen molar-refractivity contribution in [3.8, 4) is 0 Å². The number of likely N-dealkylation sites (N-methyl/N-ethyl adjacent to an activating group) is 1. The third kappa shape index (κ3) is 4.55. The van der Waals surface area contributed by atoms with Gasteiger partial charge in [0.05, 0.1) is 6.54 Å². The van der Waals surface area contributed by atoms with Gasteiger partial charge in [-0.05, 0) is 19.1 Å². The summed E-state index contributed by atoms with van der Waals surface area (Å²) < 4.78 is 0. The van der Waals surface area contributed by atoms with Crippen LogP contribution in [0.3, 0.4) is 0 Å². The molecule has 0 saturated heterocycles. The minimum atomic E-state index is -0.385. The van der Waals surface area contributed by atoms with Crippen molar-refractivity contribution in [1.82, 2.24) is 10.2 Å². The Bertz CT molecular complexity index is 399. The Balaban J connectivity index is 2.40. The average Bonchev–Trinajstić information content (AvgIpc) is 2.29. The molecule has 0 atom stereocenters. The molecule has 0 fully saturated rings. The van der Waals surface area contributed by atoms with Crippen LogP contribution in [0.15, 0.2) is 24.3 Å². The standard InChI is InChI=1S/C12H17N3O2/c1-9-4-6-10(7-5-9)14-12(17)13-8-11(16)15(2)3/h4-7H,8H2,1-3H3,(H2,13,14,17). The van der Waals surface area contributed by atoms with Crippen LogP contribution in [-0.4, -0.2) is 37.5 Å². The van der Waals surface area contributed by atoms with Gasteiger partial charge in [-0.25, -0.2) is 4.79 Å². The number of amides is 3. The Morgan fingerprint density at radius 3 is 2.29 bits per heavy atom. The highest BCUT2D eigenvalue weighted by atomic mass is 16.2. The van der Waals surface area contributed by atoms with Gasteiger partial charge in [-0.15, -0.1) is 0 Å². The van der Waals surface area contributed by atoms with Gasteiger partial charge in [0, 0.05) is 19.8 Å². The highest BCUT2D eigenvalue weighted by Gasteiger charge is 2.06. The monoisotopic (exact) mass is 235 g/mol. The molecule has 5 heteroatoms. The van der Waals surface area contributed by atoms with Gasteiger partial charge < -0.3 is 15.5 Å². The molecule has 2 N–H and O–H groups in total. The van der Waals surface area contributed by atoms with Crippen molar-refractivity contribution in [2.45, 2.75) is 6.92 Å². The number of hydrogen-bond acceptors (Lipinski definition) is 2. The summed E-state index contributed by atoms with van der Waals surface area (Å²) in [6.07, 6.45) is 0. The molecule has 17 heavy (non-hydrogen) atoms. The molecule has 5 nitrogen and oxygen atoms in total. The van der Waals surface area contributed by atoms with Crippen molar-refractivity contribution in [3.05, 3.63) is 29.8 Å². The van der Waals surface area contributed by atoms with Gasteiger partial charge in [0.25, 0.3) is 0 Å². The first-order valence-electron chi connectivity index (χ1n) is 5.30. The van der Waals surface area contributed by atoms with Gasteiger partial charge in [0.1, 0.15) is 0 Å². The van der Waals surface area contributed by atoms with E-state index in [2.05, 4.69) is 10.6 Å². The smallest absolute Gasteiger partial charge is 0.319 e. The third-order valence-electron chi connectivity index (χ3n) is 2.21. The lowest BCUT2D eigenvalue weighted by Crippen LogP contribution is -2.38. The molecule has 0 radical (unpaired) electrons. The summed E-state index contributed by atoms with van der Waals surface area (Å²) in [5, 5.41) is 5.13. The van der Waals surface area contributed by atoms with Gasteiger partial charge in [-0.1, -0.05) is 17.7 Å². The summed E-state index contributed by atoms with van der Waals surface area (Å²) in [6, 6.07) is 7.04. The summed E-state index contributed by atoms with van der Waals surface area (Å²) in [4.78, 5) is 24.1. The number of hydrogen-bond donors (Lipinski definition) is 2. The molecule has 1 aromatic rings. The zero-order chi connectivity index (χ0) is 12.8. The Morgan fingerprint density at radius 2 is 1.76 bits per heavy atom. The van der Waals surface area contributed by atoms with E-state index in [0.717, 1.165) is 5.56 Å². The number of carbonyl (C=O) groups is 2. The second kappa shape index (κ2) is 5.89. The summed E-state index contributed by atoms with van der Waals surface area (Å²) in [5.41, 5.74) is 1.82. The zero-order valence-corrected chi connectivity index (χ0v) is 10.3. The van der Waals surface area contributed by atoms with Crippen LogP contribution in [-0.2, 0) is 4.79 Å². The number of nitrogens with one attached hydrogen (secondary N) is 2. The molecule has 0 spiro atoms. The second-order valence-electron chi connectivity index (χ2n) is 3.96. The fourth-order valence-electron chi connectivity index (χ4n) is 1.13. The van der Waals surface area contributed by atoms with Crippen LogP contribution in [0.1, 0.15) is 5.56 Å². The first-order valence-corrected chi connectivity index (χ1v) is 5.30. The molecule has 0 aliphatic heterocycles. The molecule has 92 valence electrons. The highest BCUT2D eigenvalue weighted by Crippen LogP contribution is 2.07. The van der Waals surface area contributed by atoms with Crippen molar-refractivity contribution in [1.29, 1.82) is 0 Å². The van der Waals surface area contributed by atoms with Gasteiger partial charge in [-0.2, -0.15) is 0 Å². The SMILES string of the molecule is Cc1ccc(NC(=O)NCC(=O)N(C)C)cc1. The molecule has 1 rings (SSSR count). The molecule has 0 aliphatic rings. The maximum atomic E-state index is 11.4. The molecule has 1 aromatic carbocycles. The number of anilines is 1.